The molecule has 0 spiro atoms. The molecule has 55 heavy (non-hydrogen) atoms. The monoisotopic (exact) mass is 894 g/mol. The largest absolute Gasteiger partial charge is 2.00 e. The molecule has 0 amide bonds. The molecule has 268 valence electrons. The Hall–Kier alpha value is -6.23. The number of phenolic OH excluding ortho intramolecular Hbond substituents is 1. The van der Waals surface area contributed by atoms with E-state index in [-0.39, 0.29) is 32.2 Å². The third-order valence-electron chi connectivity index (χ3n) is 10.3. The van der Waals surface area contributed by atoms with Gasteiger partial charge in [0.25, 0.3) is 6.33 Å². The summed E-state index contributed by atoms with van der Waals surface area (Å²) in [5, 5.41) is 13.4. The van der Waals surface area contributed by atoms with Gasteiger partial charge in [0.05, 0.1) is 33.6 Å². The molecule has 3 aromatic heterocycles. The van der Waals surface area contributed by atoms with Crippen LogP contribution in [0.1, 0.15) is 26.3 Å². The van der Waals surface area contributed by atoms with Crippen molar-refractivity contribution in [2.24, 2.45) is 0 Å². The molecule has 0 radical (unpaired) electrons. The minimum atomic E-state index is -0.0376. The van der Waals surface area contributed by atoms with Crippen molar-refractivity contribution in [2.45, 2.75) is 26.2 Å². The Bertz CT molecular complexity index is 3040. The van der Waals surface area contributed by atoms with E-state index in [1.807, 2.05) is 75.9 Å². The molecule has 0 aliphatic carbocycles. The Labute approximate surface area is 332 Å². The van der Waals surface area contributed by atoms with Crippen molar-refractivity contribution in [1.29, 1.82) is 0 Å². The van der Waals surface area contributed by atoms with Crippen LogP contribution in [0.15, 0.2) is 156 Å². The fourth-order valence-electron chi connectivity index (χ4n) is 7.65. The van der Waals surface area contributed by atoms with Gasteiger partial charge in [0, 0.05) is 22.0 Å². The first-order chi connectivity index (χ1) is 26.3. The molecular formula is C48H35N4O2Pt+. The first-order valence-corrected chi connectivity index (χ1v) is 18.1. The molecule has 0 fully saturated rings. The van der Waals surface area contributed by atoms with Crippen molar-refractivity contribution < 1.29 is 35.2 Å². The average Bonchev–Trinajstić information content (AvgIpc) is 3.90. The molecule has 6 nitrogen and oxygen atoms in total. The van der Waals surface area contributed by atoms with Gasteiger partial charge in [0.1, 0.15) is 11.3 Å². The summed E-state index contributed by atoms with van der Waals surface area (Å²) in [7, 11) is 0. The molecule has 10 aromatic rings. The van der Waals surface area contributed by atoms with Crippen LogP contribution >= 0.6 is 0 Å². The Morgan fingerprint density at radius 1 is 0.727 bits per heavy atom. The fraction of sp³-hybridized carbons (Fsp3) is 0.0833. The van der Waals surface area contributed by atoms with Crippen LogP contribution in [-0.4, -0.2) is 19.2 Å². The van der Waals surface area contributed by atoms with E-state index in [1.54, 1.807) is 6.07 Å². The van der Waals surface area contributed by atoms with Crippen molar-refractivity contribution in [1.82, 2.24) is 14.1 Å². The number of phenols is 1. The number of benzene rings is 7. The number of imidazole rings is 2. The Balaban J connectivity index is 0.00000397. The second kappa shape index (κ2) is 13.3. The van der Waals surface area contributed by atoms with E-state index in [9.17, 15) is 5.11 Å². The summed E-state index contributed by atoms with van der Waals surface area (Å²) in [4.78, 5) is 5.44. The zero-order chi connectivity index (χ0) is 36.6. The number of aromatic hydroxyl groups is 1. The number of aromatic nitrogens is 4. The molecule has 0 saturated carbocycles. The van der Waals surface area contributed by atoms with E-state index in [0.717, 1.165) is 72.3 Å². The summed E-state index contributed by atoms with van der Waals surface area (Å²) >= 11 is 0. The molecule has 0 atom stereocenters. The van der Waals surface area contributed by atoms with E-state index in [1.165, 1.54) is 5.56 Å². The van der Waals surface area contributed by atoms with Gasteiger partial charge in [0.2, 0.25) is 0 Å². The quantitative estimate of drug-likeness (QED) is 0.138. The molecule has 10 rings (SSSR count). The van der Waals surface area contributed by atoms with Crippen molar-refractivity contribution in [2.75, 3.05) is 0 Å². The van der Waals surface area contributed by atoms with Crippen LogP contribution < -0.4 is 4.57 Å². The Morgan fingerprint density at radius 2 is 1.49 bits per heavy atom. The summed E-state index contributed by atoms with van der Waals surface area (Å²) in [6.45, 7) is 6.75. The number of hydrogen-bond acceptors (Lipinski definition) is 3. The van der Waals surface area contributed by atoms with Crippen LogP contribution in [0.5, 0.6) is 5.75 Å². The first-order valence-electron chi connectivity index (χ1n) is 18.1. The van der Waals surface area contributed by atoms with Gasteiger partial charge in [-0.2, -0.15) is 0 Å². The molecule has 0 unspecified atom stereocenters. The van der Waals surface area contributed by atoms with E-state index >= 15 is 0 Å². The van der Waals surface area contributed by atoms with Gasteiger partial charge in [-0.05, 0) is 59.0 Å². The normalized spacial score (nSPS) is 11.8. The molecular weight excluding hydrogens is 860 g/mol. The van der Waals surface area contributed by atoms with Crippen LogP contribution in [0, 0.1) is 12.4 Å². The van der Waals surface area contributed by atoms with Crippen LogP contribution in [0.25, 0.3) is 83.6 Å². The van der Waals surface area contributed by atoms with E-state index < -0.39 is 0 Å². The second-order valence-electron chi connectivity index (χ2n) is 14.7. The van der Waals surface area contributed by atoms with Crippen molar-refractivity contribution >= 4 is 44.0 Å². The summed E-state index contributed by atoms with van der Waals surface area (Å²) in [6, 6.07) is 54.8. The van der Waals surface area contributed by atoms with Gasteiger partial charge in [-0.15, -0.1) is 35.9 Å². The maximum atomic E-state index is 11.5. The molecule has 7 aromatic carbocycles. The van der Waals surface area contributed by atoms with Crippen LogP contribution in [-0.2, 0) is 26.5 Å². The number of nitrogens with zero attached hydrogens (tertiary/aromatic N) is 4. The van der Waals surface area contributed by atoms with Gasteiger partial charge in [0.15, 0.2) is 11.3 Å². The predicted molar refractivity (Wildman–Crippen MR) is 216 cm³/mol. The maximum Gasteiger partial charge on any atom is 2.00 e. The summed E-state index contributed by atoms with van der Waals surface area (Å²) in [5.41, 5.74) is 11.6. The second-order valence-corrected chi connectivity index (χ2v) is 14.7. The number of furan rings is 1. The molecule has 0 aliphatic rings. The average molecular weight is 895 g/mol. The smallest absolute Gasteiger partial charge is 0.511 e. The summed E-state index contributed by atoms with van der Waals surface area (Å²) < 4.78 is 12.6. The summed E-state index contributed by atoms with van der Waals surface area (Å²) in [5.74, 6) is 0.884. The number of para-hydroxylation sites is 4. The Morgan fingerprint density at radius 3 is 2.31 bits per heavy atom. The molecule has 7 heteroatoms. The maximum absolute atomic E-state index is 11.5. The first kappa shape index (κ1) is 34.5. The minimum Gasteiger partial charge on any atom is -0.511 e. The van der Waals surface area contributed by atoms with Crippen LogP contribution in [0.4, 0.5) is 0 Å². The standard InChI is InChI=1S/C48H35N4O2.Pt/c1-48(2,3)33-25-27-37(36(29-33)31-15-6-4-7-16-31)52-41-23-14-22-40(44(41)49-47(52)32-17-8-5-9-18-32)50-30-51(39-21-12-11-20-38(39)50)45-42(53)28-26-35-34-19-10-13-24-43(34)54-46(35)45;/h4-17,19-29,53H,1-3H3;/q-1;+2. The van der Waals surface area contributed by atoms with E-state index in [2.05, 4.69) is 117 Å². The van der Waals surface area contributed by atoms with Gasteiger partial charge in [-0.1, -0.05) is 106 Å². The number of hydrogen-bond donors (Lipinski definition) is 1. The molecule has 0 aliphatic heterocycles. The van der Waals surface area contributed by atoms with Crippen molar-refractivity contribution in [3.8, 4) is 45.3 Å². The molecule has 3 heterocycles. The van der Waals surface area contributed by atoms with Gasteiger partial charge in [-0.25, -0.2) is 0 Å². The minimum absolute atomic E-state index is 0. The van der Waals surface area contributed by atoms with E-state index in [0.29, 0.717) is 11.3 Å². The number of rotatable bonds is 5. The van der Waals surface area contributed by atoms with Gasteiger partial charge >= 0.3 is 21.1 Å². The van der Waals surface area contributed by atoms with Crippen LogP contribution in [0.2, 0.25) is 0 Å². The third kappa shape index (κ3) is 5.59. The zero-order valence-corrected chi connectivity index (χ0v) is 32.7. The van der Waals surface area contributed by atoms with Crippen LogP contribution in [0.3, 0.4) is 0 Å². The molecule has 0 bridgehead atoms. The zero-order valence-electron chi connectivity index (χ0n) is 30.4. The summed E-state index contributed by atoms with van der Waals surface area (Å²) in [6.07, 6.45) is 3.62. The number of fused-ring (bicyclic) bond motifs is 5. The van der Waals surface area contributed by atoms with Crippen molar-refractivity contribution in [3.05, 3.63) is 170 Å². The van der Waals surface area contributed by atoms with Gasteiger partial charge in [-0.3, -0.25) is 14.1 Å². The van der Waals surface area contributed by atoms with Gasteiger partial charge < -0.3 is 14.1 Å². The SMILES string of the molecule is CC(C)(C)c1ccc(-n2c(-c3[c-]cccc3)nc3c(-[n+]4[c-]n(-c5c(O)ccc6c5oc5ccccc56)c5ccccc54)cccc32)c(-c2ccccc2)c1.[Pt+2]. The predicted octanol–water partition coefficient (Wildman–Crippen LogP) is 11.1. The Kier molecular flexibility index (Phi) is 8.32. The molecule has 0 saturated heterocycles. The topological polar surface area (TPSA) is 60.0 Å². The van der Waals surface area contributed by atoms with Crippen molar-refractivity contribution in [3.63, 3.8) is 0 Å². The third-order valence-corrected chi connectivity index (χ3v) is 10.3. The van der Waals surface area contributed by atoms with E-state index in [4.69, 9.17) is 9.40 Å². The molecule has 1 N–H and O–H groups in total. The fourth-order valence-corrected chi connectivity index (χ4v) is 7.65.